The van der Waals surface area contributed by atoms with Crippen LogP contribution >= 0.6 is 0 Å². The monoisotopic (exact) mass is 456 g/mol. The van der Waals surface area contributed by atoms with Crippen LogP contribution in [0.1, 0.15) is 54.6 Å². The number of benzene rings is 2. The standard InChI is InChI=1S/C27H32N6O/c1-20-12-13-25-22(16-20)17-23(27(34)28-25)18-32(24-10-6-3-7-11-24)19-26-29-30-31-33(26)15-14-21-8-4-2-5-9-21/h2,4-5,8-9,12-13,16-17,24H,3,6-7,10-11,14-15,18-19H2,1H3,(H,28,34). The lowest BCUT2D eigenvalue weighted by Crippen LogP contribution is -2.38. The fraction of sp³-hybridized carbons (Fsp3) is 0.407. The minimum absolute atomic E-state index is 0.0131. The van der Waals surface area contributed by atoms with E-state index < -0.39 is 0 Å². The van der Waals surface area contributed by atoms with E-state index in [2.05, 4.69) is 68.7 Å². The third kappa shape index (κ3) is 5.25. The Balaban J connectivity index is 1.38. The molecule has 0 amide bonds. The normalized spacial score (nSPS) is 14.8. The molecule has 0 radical (unpaired) electrons. The number of nitrogens with zero attached hydrogens (tertiary/aromatic N) is 5. The molecule has 0 bridgehead atoms. The van der Waals surface area contributed by atoms with Crippen LogP contribution in [0, 0.1) is 6.92 Å². The van der Waals surface area contributed by atoms with Gasteiger partial charge in [-0.3, -0.25) is 9.69 Å². The highest BCUT2D eigenvalue weighted by Crippen LogP contribution is 2.25. The van der Waals surface area contributed by atoms with Gasteiger partial charge in [0.2, 0.25) is 0 Å². The second kappa shape index (κ2) is 10.3. The van der Waals surface area contributed by atoms with Crippen molar-refractivity contribution in [1.82, 2.24) is 30.1 Å². The maximum absolute atomic E-state index is 12.9. The van der Waals surface area contributed by atoms with E-state index in [4.69, 9.17) is 0 Å². The van der Waals surface area contributed by atoms with Gasteiger partial charge >= 0.3 is 0 Å². The van der Waals surface area contributed by atoms with Crippen molar-refractivity contribution in [2.24, 2.45) is 0 Å². The van der Waals surface area contributed by atoms with Gasteiger partial charge in [0.15, 0.2) is 5.82 Å². The topological polar surface area (TPSA) is 79.7 Å². The van der Waals surface area contributed by atoms with Crippen LogP contribution in [0.4, 0.5) is 0 Å². The molecule has 34 heavy (non-hydrogen) atoms. The zero-order valence-corrected chi connectivity index (χ0v) is 19.8. The summed E-state index contributed by atoms with van der Waals surface area (Å²) in [5, 5.41) is 13.7. The second-order valence-electron chi connectivity index (χ2n) is 9.47. The first-order valence-electron chi connectivity index (χ1n) is 12.3. The number of tetrazole rings is 1. The zero-order valence-electron chi connectivity index (χ0n) is 19.8. The molecule has 5 rings (SSSR count). The Hall–Kier alpha value is -3.32. The van der Waals surface area contributed by atoms with Gasteiger partial charge in [-0.1, -0.05) is 61.2 Å². The van der Waals surface area contributed by atoms with Gasteiger partial charge in [-0.25, -0.2) is 4.68 Å². The van der Waals surface area contributed by atoms with Crippen LogP contribution < -0.4 is 5.56 Å². The van der Waals surface area contributed by atoms with Crippen LogP contribution in [-0.4, -0.2) is 36.1 Å². The van der Waals surface area contributed by atoms with Crippen molar-refractivity contribution in [3.8, 4) is 0 Å². The molecule has 2 aromatic carbocycles. The Labute approximate surface area is 199 Å². The van der Waals surface area contributed by atoms with E-state index in [1.807, 2.05) is 22.9 Å². The lowest BCUT2D eigenvalue weighted by atomic mass is 9.93. The smallest absolute Gasteiger partial charge is 0.252 e. The zero-order chi connectivity index (χ0) is 23.3. The van der Waals surface area contributed by atoms with Crippen molar-refractivity contribution in [2.45, 2.75) is 71.1 Å². The summed E-state index contributed by atoms with van der Waals surface area (Å²) in [6.45, 7) is 4.04. The van der Waals surface area contributed by atoms with Gasteiger partial charge in [-0.05, 0) is 65.8 Å². The average molecular weight is 457 g/mol. The molecule has 7 heteroatoms. The fourth-order valence-corrected chi connectivity index (χ4v) is 5.04. The van der Waals surface area contributed by atoms with Gasteiger partial charge in [0.1, 0.15) is 0 Å². The summed E-state index contributed by atoms with van der Waals surface area (Å²) in [4.78, 5) is 18.4. The molecular formula is C27H32N6O. The molecule has 1 N–H and O–H groups in total. The fourth-order valence-electron chi connectivity index (χ4n) is 5.04. The molecule has 0 saturated heterocycles. The molecule has 4 aromatic rings. The van der Waals surface area contributed by atoms with E-state index in [1.165, 1.54) is 30.4 Å². The molecule has 0 spiro atoms. The number of pyridine rings is 1. The summed E-state index contributed by atoms with van der Waals surface area (Å²) in [6, 6.07) is 19.0. The SMILES string of the molecule is Cc1ccc2[nH]c(=O)c(CN(Cc3nnnn3CCc3ccccc3)C3CCCCC3)cc2c1. The van der Waals surface area contributed by atoms with Crippen molar-refractivity contribution < 1.29 is 0 Å². The molecule has 2 aromatic heterocycles. The summed E-state index contributed by atoms with van der Waals surface area (Å²) in [6.07, 6.45) is 6.92. The van der Waals surface area contributed by atoms with E-state index in [1.54, 1.807) is 0 Å². The Bertz CT molecular complexity index is 1290. The molecule has 1 aliphatic rings. The summed E-state index contributed by atoms with van der Waals surface area (Å²) < 4.78 is 1.91. The van der Waals surface area contributed by atoms with E-state index in [0.717, 1.165) is 48.1 Å². The van der Waals surface area contributed by atoms with Gasteiger partial charge in [-0.2, -0.15) is 0 Å². The number of fused-ring (bicyclic) bond motifs is 1. The maximum Gasteiger partial charge on any atom is 0.252 e. The first-order valence-corrected chi connectivity index (χ1v) is 12.3. The molecule has 176 valence electrons. The molecular weight excluding hydrogens is 424 g/mol. The second-order valence-corrected chi connectivity index (χ2v) is 9.47. The molecule has 1 aliphatic carbocycles. The Morgan fingerprint density at radius 1 is 1.03 bits per heavy atom. The molecule has 2 heterocycles. The van der Waals surface area contributed by atoms with Crippen LogP contribution in [0.5, 0.6) is 0 Å². The Morgan fingerprint density at radius 3 is 2.68 bits per heavy atom. The van der Waals surface area contributed by atoms with Crippen LogP contribution in [0.2, 0.25) is 0 Å². The molecule has 0 aliphatic heterocycles. The maximum atomic E-state index is 12.9. The third-order valence-corrected chi connectivity index (χ3v) is 6.95. The van der Waals surface area contributed by atoms with Crippen molar-refractivity contribution in [2.75, 3.05) is 0 Å². The van der Waals surface area contributed by atoms with Crippen LogP contribution in [0.25, 0.3) is 10.9 Å². The lowest BCUT2D eigenvalue weighted by molar-refractivity contribution is 0.133. The lowest BCUT2D eigenvalue weighted by Gasteiger charge is -2.33. The van der Waals surface area contributed by atoms with Gasteiger partial charge in [0.25, 0.3) is 5.56 Å². The molecule has 1 saturated carbocycles. The van der Waals surface area contributed by atoms with Gasteiger partial charge in [-0.15, -0.1) is 5.10 Å². The van der Waals surface area contributed by atoms with Crippen molar-refractivity contribution in [1.29, 1.82) is 0 Å². The summed E-state index contributed by atoms with van der Waals surface area (Å²) in [5.41, 5.74) is 4.12. The van der Waals surface area contributed by atoms with Gasteiger partial charge in [0.05, 0.1) is 6.54 Å². The van der Waals surface area contributed by atoms with Gasteiger partial charge < -0.3 is 4.98 Å². The molecule has 1 fully saturated rings. The summed E-state index contributed by atoms with van der Waals surface area (Å²) in [7, 11) is 0. The van der Waals surface area contributed by atoms with Crippen molar-refractivity contribution in [3.63, 3.8) is 0 Å². The van der Waals surface area contributed by atoms with Crippen LogP contribution in [-0.2, 0) is 26.1 Å². The van der Waals surface area contributed by atoms with Gasteiger partial charge in [0, 0.05) is 30.2 Å². The highest BCUT2D eigenvalue weighted by Gasteiger charge is 2.24. The van der Waals surface area contributed by atoms with Crippen molar-refractivity contribution >= 4 is 10.9 Å². The summed E-state index contributed by atoms with van der Waals surface area (Å²) >= 11 is 0. The first-order chi connectivity index (χ1) is 16.7. The minimum Gasteiger partial charge on any atom is -0.322 e. The predicted molar refractivity (Wildman–Crippen MR) is 133 cm³/mol. The number of nitrogens with one attached hydrogen (secondary N) is 1. The number of aromatic nitrogens is 5. The number of hydrogen-bond acceptors (Lipinski definition) is 5. The number of aromatic amines is 1. The highest BCUT2D eigenvalue weighted by molar-refractivity contribution is 5.79. The first kappa shape index (κ1) is 22.5. The summed E-state index contributed by atoms with van der Waals surface area (Å²) in [5.74, 6) is 0.856. The molecule has 0 unspecified atom stereocenters. The Morgan fingerprint density at radius 2 is 1.85 bits per heavy atom. The predicted octanol–water partition coefficient (Wildman–Crippen LogP) is 4.40. The largest absolute Gasteiger partial charge is 0.322 e. The molecule has 0 atom stereocenters. The highest BCUT2D eigenvalue weighted by atomic mass is 16.1. The average Bonchev–Trinajstić information content (AvgIpc) is 3.31. The Kier molecular flexibility index (Phi) is 6.81. The van der Waals surface area contributed by atoms with Crippen molar-refractivity contribution in [3.05, 3.63) is 87.5 Å². The van der Waals surface area contributed by atoms with E-state index in [0.29, 0.717) is 19.1 Å². The number of hydrogen-bond donors (Lipinski definition) is 1. The van der Waals surface area contributed by atoms with E-state index in [-0.39, 0.29) is 5.56 Å². The molecule has 7 nitrogen and oxygen atoms in total. The van der Waals surface area contributed by atoms with E-state index in [9.17, 15) is 4.79 Å². The third-order valence-electron chi connectivity index (χ3n) is 6.95. The quantitative estimate of drug-likeness (QED) is 0.425. The van der Waals surface area contributed by atoms with Crippen LogP contribution in [0.3, 0.4) is 0 Å². The number of rotatable bonds is 8. The number of aryl methyl sites for hydroxylation is 3. The number of H-pyrrole nitrogens is 1. The van der Waals surface area contributed by atoms with Crippen LogP contribution in [0.15, 0.2) is 59.4 Å². The van der Waals surface area contributed by atoms with E-state index >= 15 is 0 Å². The minimum atomic E-state index is -0.0131.